The van der Waals surface area contributed by atoms with Crippen molar-refractivity contribution in [1.82, 2.24) is 9.21 Å². The van der Waals surface area contributed by atoms with Gasteiger partial charge >= 0.3 is 11.9 Å². The van der Waals surface area contributed by atoms with Crippen LogP contribution in [0.25, 0.3) is 0 Å². The number of piperazine rings is 1. The molecule has 0 saturated carbocycles. The lowest BCUT2D eigenvalue weighted by Gasteiger charge is -2.34. The van der Waals surface area contributed by atoms with Crippen LogP contribution in [0.2, 0.25) is 0 Å². The molecule has 0 aliphatic carbocycles. The van der Waals surface area contributed by atoms with Crippen LogP contribution in [-0.2, 0) is 33.9 Å². The van der Waals surface area contributed by atoms with Crippen molar-refractivity contribution < 1.29 is 32.3 Å². The largest absolute Gasteiger partial charge is 0.466 e. The number of aryl methyl sites for hydroxylation is 1. The fourth-order valence-corrected chi connectivity index (χ4v) is 4.30. The minimum atomic E-state index is -3.60. The van der Waals surface area contributed by atoms with Crippen LogP contribution in [0, 0.1) is 6.92 Å². The van der Waals surface area contributed by atoms with Crippen molar-refractivity contribution in [1.29, 1.82) is 0 Å². The molecule has 0 unspecified atom stereocenters. The van der Waals surface area contributed by atoms with Crippen LogP contribution in [0.3, 0.4) is 0 Å². The summed E-state index contributed by atoms with van der Waals surface area (Å²) >= 11 is 0. The van der Waals surface area contributed by atoms with E-state index in [1.54, 1.807) is 24.3 Å². The summed E-state index contributed by atoms with van der Waals surface area (Å²) in [6, 6.07) is 6.63. The normalized spacial score (nSPS) is 16.2. The zero-order valence-corrected chi connectivity index (χ0v) is 17.6. The van der Waals surface area contributed by atoms with E-state index in [4.69, 9.17) is 4.74 Å². The molecule has 29 heavy (non-hydrogen) atoms. The number of methoxy groups -OCH3 is 1. The molecule has 1 amide bonds. The van der Waals surface area contributed by atoms with Crippen molar-refractivity contribution >= 4 is 27.9 Å². The van der Waals surface area contributed by atoms with E-state index in [1.807, 2.05) is 6.92 Å². The number of amides is 1. The van der Waals surface area contributed by atoms with E-state index in [-0.39, 0.29) is 49.8 Å². The quantitative estimate of drug-likeness (QED) is 0.591. The van der Waals surface area contributed by atoms with Gasteiger partial charge in [0.25, 0.3) is 0 Å². The fraction of sp³-hybridized carbons (Fsp3) is 0.526. The third-order valence-corrected chi connectivity index (χ3v) is 6.55. The minimum Gasteiger partial charge on any atom is -0.466 e. The predicted molar refractivity (Wildman–Crippen MR) is 103 cm³/mol. The summed E-state index contributed by atoms with van der Waals surface area (Å²) in [6.07, 6.45) is -1.27. The molecule has 0 aromatic heterocycles. The van der Waals surface area contributed by atoms with Crippen LogP contribution in [-0.4, -0.2) is 74.9 Å². The molecule has 0 radical (unpaired) electrons. The molecular formula is C19H26N2O7S. The Morgan fingerprint density at radius 3 is 2.17 bits per heavy atom. The van der Waals surface area contributed by atoms with E-state index in [9.17, 15) is 22.8 Å². The smallest absolute Gasteiger partial charge is 0.346 e. The zero-order chi connectivity index (χ0) is 21.6. The van der Waals surface area contributed by atoms with Gasteiger partial charge in [0.2, 0.25) is 15.9 Å². The maximum Gasteiger partial charge on any atom is 0.346 e. The van der Waals surface area contributed by atoms with Crippen molar-refractivity contribution in [3.63, 3.8) is 0 Å². The maximum absolute atomic E-state index is 12.7. The molecule has 1 aromatic carbocycles. The molecule has 160 valence electrons. The highest BCUT2D eigenvalue weighted by atomic mass is 32.2. The molecule has 9 nitrogen and oxygen atoms in total. The Bertz CT molecular complexity index is 844. The van der Waals surface area contributed by atoms with E-state index < -0.39 is 28.1 Å². The van der Waals surface area contributed by atoms with Crippen molar-refractivity contribution in [3.8, 4) is 0 Å². The number of ether oxygens (including phenoxy) is 2. The van der Waals surface area contributed by atoms with E-state index in [0.29, 0.717) is 0 Å². The third-order valence-electron chi connectivity index (χ3n) is 4.63. The van der Waals surface area contributed by atoms with Crippen molar-refractivity contribution in [2.24, 2.45) is 0 Å². The number of sulfonamides is 1. The number of hydrogen-bond donors (Lipinski definition) is 0. The monoisotopic (exact) mass is 426 g/mol. The number of rotatable bonds is 7. The van der Waals surface area contributed by atoms with Crippen LogP contribution in [0.1, 0.15) is 25.3 Å². The summed E-state index contributed by atoms with van der Waals surface area (Å²) in [6.45, 7) is 4.14. The van der Waals surface area contributed by atoms with Gasteiger partial charge in [-0.25, -0.2) is 13.2 Å². The Morgan fingerprint density at radius 1 is 1.03 bits per heavy atom. The highest BCUT2D eigenvalue weighted by molar-refractivity contribution is 7.89. The Balaban J connectivity index is 1.82. The highest BCUT2D eigenvalue weighted by Crippen LogP contribution is 2.18. The van der Waals surface area contributed by atoms with Crippen LogP contribution >= 0.6 is 0 Å². The highest BCUT2D eigenvalue weighted by Gasteiger charge is 2.30. The molecular weight excluding hydrogens is 400 g/mol. The van der Waals surface area contributed by atoms with Crippen LogP contribution in [0.5, 0.6) is 0 Å². The lowest BCUT2D eigenvalue weighted by Crippen LogP contribution is -2.50. The topological polar surface area (TPSA) is 110 Å². The Hall–Kier alpha value is -2.46. The molecule has 0 N–H and O–H groups in total. The Morgan fingerprint density at radius 2 is 1.62 bits per heavy atom. The number of hydrogen-bond acceptors (Lipinski definition) is 7. The van der Waals surface area contributed by atoms with Gasteiger partial charge in [0.1, 0.15) is 0 Å². The summed E-state index contributed by atoms with van der Waals surface area (Å²) in [5.74, 6) is -1.60. The second-order valence-electron chi connectivity index (χ2n) is 6.75. The van der Waals surface area contributed by atoms with Crippen LogP contribution in [0.4, 0.5) is 0 Å². The fourth-order valence-electron chi connectivity index (χ4n) is 2.87. The zero-order valence-electron chi connectivity index (χ0n) is 16.8. The first-order valence-electron chi connectivity index (χ1n) is 9.27. The second kappa shape index (κ2) is 9.84. The lowest BCUT2D eigenvalue weighted by molar-refractivity contribution is -0.165. The molecule has 0 bridgehead atoms. The molecule has 1 fully saturated rings. The first-order valence-corrected chi connectivity index (χ1v) is 10.7. The van der Waals surface area contributed by atoms with Gasteiger partial charge < -0.3 is 14.4 Å². The summed E-state index contributed by atoms with van der Waals surface area (Å²) < 4.78 is 36.1. The molecule has 1 aromatic rings. The predicted octanol–water partition coefficient (Wildman–Crippen LogP) is 0.713. The van der Waals surface area contributed by atoms with Crippen LogP contribution in [0.15, 0.2) is 29.2 Å². The SMILES string of the molecule is COC(=O)[C@@H](C)OC(=O)CCC(=O)N1CCN(S(=O)(=O)c2ccc(C)cc2)CC1. The van der Waals surface area contributed by atoms with Crippen molar-refractivity contribution in [2.75, 3.05) is 33.3 Å². The standard InChI is InChI=1S/C19H26N2O7S/c1-14-4-6-16(7-5-14)29(25,26)21-12-10-20(11-13-21)17(22)8-9-18(23)28-15(2)19(24)27-3/h4-7,15H,8-13H2,1-3H3/t15-/m1/s1. The van der Waals surface area contributed by atoms with Gasteiger partial charge in [-0.3, -0.25) is 9.59 Å². The molecule has 1 saturated heterocycles. The van der Waals surface area contributed by atoms with E-state index >= 15 is 0 Å². The van der Waals surface area contributed by atoms with Gasteiger partial charge in [-0.15, -0.1) is 0 Å². The molecule has 2 rings (SSSR count). The number of carbonyl (C=O) groups excluding carboxylic acids is 3. The van der Waals surface area contributed by atoms with Gasteiger partial charge in [0, 0.05) is 32.6 Å². The summed E-state index contributed by atoms with van der Waals surface area (Å²) in [4.78, 5) is 37.0. The third kappa shape index (κ3) is 6.01. The van der Waals surface area contributed by atoms with E-state index in [2.05, 4.69) is 4.74 Å². The summed E-state index contributed by atoms with van der Waals surface area (Å²) in [5.41, 5.74) is 0.971. The van der Waals surface area contributed by atoms with Gasteiger partial charge in [-0.05, 0) is 26.0 Å². The average Bonchev–Trinajstić information content (AvgIpc) is 2.71. The minimum absolute atomic E-state index is 0.0720. The number of nitrogens with zero attached hydrogens (tertiary/aromatic N) is 2. The molecule has 10 heteroatoms. The molecule has 1 atom stereocenters. The molecule has 1 aliphatic rings. The van der Waals surface area contributed by atoms with Gasteiger partial charge in [0.05, 0.1) is 18.4 Å². The lowest BCUT2D eigenvalue weighted by atomic mass is 10.2. The second-order valence-corrected chi connectivity index (χ2v) is 8.69. The molecule has 0 spiro atoms. The molecule has 1 aliphatic heterocycles. The van der Waals surface area contributed by atoms with Gasteiger partial charge in [-0.2, -0.15) is 4.31 Å². The number of benzene rings is 1. The Labute approximate surface area is 170 Å². The van der Waals surface area contributed by atoms with E-state index in [0.717, 1.165) is 5.56 Å². The Kier molecular flexibility index (Phi) is 7.74. The van der Waals surface area contributed by atoms with Crippen LogP contribution < -0.4 is 0 Å². The summed E-state index contributed by atoms with van der Waals surface area (Å²) in [7, 11) is -2.41. The summed E-state index contributed by atoms with van der Waals surface area (Å²) in [5, 5.41) is 0. The molecule has 1 heterocycles. The van der Waals surface area contributed by atoms with Crippen molar-refractivity contribution in [3.05, 3.63) is 29.8 Å². The first kappa shape index (κ1) is 22.8. The maximum atomic E-state index is 12.7. The first-order chi connectivity index (χ1) is 13.6. The van der Waals surface area contributed by atoms with Gasteiger partial charge in [0.15, 0.2) is 6.10 Å². The van der Waals surface area contributed by atoms with E-state index in [1.165, 1.54) is 23.2 Å². The number of carbonyl (C=O) groups is 3. The van der Waals surface area contributed by atoms with Gasteiger partial charge in [-0.1, -0.05) is 17.7 Å². The number of esters is 2. The van der Waals surface area contributed by atoms with Crippen molar-refractivity contribution in [2.45, 2.75) is 37.7 Å². The average molecular weight is 426 g/mol.